The summed E-state index contributed by atoms with van der Waals surface area (Å²) < 4.78 is 10.5. The second-order valence-corrected chi connectivity index (χ2v) is 5.47. The molecule has 0 fully saturated rings. The first-order valence-electron chi connectivity index (χ1n) is 7.49. The van der Waals surface area contributed by atoms with E-state index in [9.17, 15) is 4.79 Å². The predicted octanol–water partition coefficient (Wildman–Crippen LogP) is 2.80. The van der Waals surface area contributed by atoms with Crippen LogP contribution in [0.1, 0.15) is 10.4 Å². The van der Waals surface area contributed by atoms with Crippen LogP contribution in [0.2, 0.25) is 0 Å². The van der Waals surface area contributed by atoms with Gasteiger partial charge in [0.05, 0.1) is 25.6 Å². The van der Waals surface area contributed by atoms with Gasteiger partial charge in [-0.05, 0) is 24.3 Å². The number of hydrogen-bond donors (Lipinski definition) is 0. The van der Waals surface area contributed by atoms with E-state index < -0.39 is 0 Å². The molecule has 2 aromatic rings. The maximum atomic E-state index is 13.0. The number of anilines is 2. The molecule has 23 heavy (non-hydrogen) atoms. The average Bonchev–Trinajstić information content (AvgIpc) is 2.61. The highest BCUT2D eigenvalue weighted by Crippen LogP contribution is 2.33. The molecule has 1 aliphatic heterocycles. The molecule has 0 bridgehead atoms. The zero-order valence-electron chi connectivity index (χ0n) is 13.6. The van der Waals surface area contributed by atoms with Crippen LogP contribution in [0.15, 0.2) is 42.5 Å². The third-order valence-corrected chi connectivity index (χ3v) is 4.09. The van der Waals surface area contributed by atoms with Crippen LogP contribution in [-0.4, -0.2) is 40.3 Å². The highest BCUT2D eigenvalue weighted by atomic mass is 16.5. The minimum Gasteiger partial charge on any atom is -0.497 e. The van der Waals surface area contributed by atoms with Crippen LogP contribution >= 0.6 is 0 Å². The lowest BCUT2D eigenvalue weighted by Crippen LogP contribution is -2.42. The lowest BCUT2D eigenvalue weighted by atomic mass is 10.1. The Balaban J connectivity index is 2.00. The van der Waals surface area contributed by atoms with Gasteiger partial charge in [-0.15, -0.1) is 0 Å². The molecule has 0 unspecified atom stereocenters. The topological polar surface area (TPSA) is 42.0 Å². The summed E-state index contributed by atoms with van der Waals surface area (Å²) in [5, 5.41) is 0. The van der Waals surface area contributed by atoms with Gasteiger partial charge in [-0.3, -0.25) is 4.79 Å². The number of carbonyl (C=O) groups excluding carboxylic acids is 1. The van der Waals surface area contributed by atoms with Crippen LogP contribution in [0.4, 0.5) is 11.4 Å². The van der Waals surface area contributed by atoms with Gasteiger partial charge in [-0.1, -0.05) is 12.1 Å². The lowest BCUT2D eigenvalue weighted by Gasteiger charge is -2.35. The van der Waals surface area contributed by atoms with Crippen LogP contribution in [0, 0.1) is 0 Å². The number of hydrogen-bond acceptors (Lipinski definition) is 4. The average molecular weight is 312 g/mol. The number of fused-ring (bicyclic) bond motifs is 1. The number of benzene rings is 2. The van der Waals surface area contributed by atoms with Crippen molar-refractivity contribution >= 4 is 17.3 Å². The van der Waals surface area contributed by atoms with E-state index in [2.05, 4.69) is 4.90 Å². The summed E-state index contributed by atoms with van der Waals surface area (Å²) >= 11 is 0. The lowest BCUT2D eigenvalue weighted by molar-refractivity contribution is 0.0986. The third kappa shape index (κ3) is 2.82. The van der Waals surface area contributed by atoms with Gasteiger partial charge < -0.3 is 19.3 Å². The zero-order chi connectivity index (χ0) is 16.4. The molecule has 1 aliphatic rings. The van der Waals surface area contributed by atoms with Crippen molar-refractivity contribution in [3.05, 3.63) is 48.0 Å². The number of amides is 1. The second kappa shape index (κ2) is 6.20. The molecule has 0 atom stereocenters. The Morgan fingerprint density at radius 1 is 0.957 bits per heavy atom. The zero-order valence-corrected chi connectivity index (χ0v) is 13.6. The van der Waals surface area contributed by atoms with E-state index in [0.717, 1.165) is 17.9 Å². The molecule has 120 valence electrons. The summed E-state index contributed by atoms with van der Waals surface area (Å²) in [5.41, 5.74) is 2.54. The predicted molar refractivity (Wildman–Crippen MR) is 90.9 cm³/mol. The Bertz CT molecular complexity index is 708. The number of ether oxygens (including phenoxy) is 2. The molecule has 1 heterocycles. The van der Waals surface area contributed by atoms with Crippen LogP contribution in [0.25, 0.3) is 0 Å². The molecule has 0 radical (unpaired) electrons. The Hall–Kier alpha value is -2.69. The van der Waals surface area contributed by atoms with Gasteiger partial charge in [-0.25, -0.2) is 0 Å². The summed E-state index contributed by atoms with van der Waals surface area (Å²) in [5.74, 6) is 1.16. The minimum absolute atomic E-state index is 0.0530. The minimum atomic E-state index is -0.0530. The van der Waals surface area contributed by atoms with Crippen LogP contribution in [0.3, 0.4) is 0 Å². The van der Waals surface area contributed by atoms with Crippen molar-refractivity contribution in [2.45, 2.75) is 0 Å². The summed E-state index contributed by atoms with van der Waals surface area (Å²) in [6.07, 6.45) is 0. The van der Waals surface area contributed by atoms with E-state index in [0.29, 0.717) is 23.6 Å². The number of carbonyl (C=O) groups is 1. The van der Waals surface area contributed by atoms with Crippen LogP contribution in [-0.2, 0) is 0 Å². The van der Waals surface area contributed by atoms with Gasteiger partial charge in [0.15, 0.2) is 0 Å². The van der Waals surface area contributed by atoms with Crippen molar-refractivity contribution in [2.75, 3.05) is 44.2 Å². The molecule has 3 rings (SSSR count). The molecule has 0 aliphatic carbocycles. The number of nitrogens with zero attached hydrogens (tertiary/aromatic N) is 2. The fraction of sp³-hybridized carbons (Fsp3) is 0.278. The van der Waals surface area contributed by atoms with Gasteiger partial charge in [0.2, 0.25) is 0 Å². The standard InChI is InChI=1S/C18H20N2O3/c1-19-8-9-20(17-7-5-4-6-16(17)19)18(21)13-10-14(22-2)12-15(11-13)23-3/h4-7,10-12H,8-9H2,1-3H3. The van der Waals surface area contributed by atoms with Crippen molar-refractivity contribution in [1.82, 2.24) is 0 Å². The summed E-state index contributed by atoms with van der Waals surface area (Å²) in [6, 6.07) is 13.2. The highest BCUT2D eigenvalue weighted by Gasteiger charge is 2.26. The van der Waals surface area contributed by atoms with Crippen LogP contribution < -0.4 is 19.3 Å². The normalized spacial score (nSPS) is 13.5. The molecule has 1 amide bonds. The fourth-order valence-corrected chi connectivity index (χ4v) is 2.80. The Morgan fingerprint density at radius 2 is 1.57 bits per heavy atom. The van der Waals surface area contributed by atoms with Crippen molar-refractivity contribution < 1.29 is 14.3 Å². The van der Waals surface area contributed by atoms with E-state index >= 15 is 0 Å². The summed E-state index contributed by atoms with van der Waals surface area (Å²) in [7, 11) is 5.19. The van der Waals surface area contributed by atoms with E-state index in [4.69, 9.17) is 9.47 Å². The van der Waals surface area contributed by atoms with Crippen molar-refractivity contribution in [2.24, 2.45) is 0 Å². The number of methoxy groups -OCH3 is 2. The Kier molecular flexibility index (Phi) is 4.10. The van der Waals surface area contributed by atoms with Crippen molar-refractivity contribution in [1.29, 1.82) is 0 Å². The van der Waals surface area contributed by atoms with E-state index in [-0.39, 0.29) is 5.91 Å². The third-order valence-electron chi connectivity index (χ3n) is 4.09. The summed E-state index contributed by atoms with van der Waals surface area (Å²) in [6.45, 7) is 1.44. The monoisotopic (exact) mass is 312 g/mol. The molecular weight excluding hydrogens is 292 g/mol. The highest BCUT2D eigenvalue weighted by molar-refractivity contribution is 6.08. The molecule has 5 heteroatoms. The SMILES string of the molecule is COc1cc(OC)cc(C(=O)N2CCN(C)c3ccccc32)c1. The smallest absolute Gasteiger partial charge is 0.258 e. The maximum absolute atomic E-state index is 13.0. The molecule has 0 spiro atoms. The van der Waals surface area contributed by atoms with Gasteiger partial charge in [0.25, 0.3) is 5.91 Å². The molecular formula is C18H20N2O3. The molecule has 2 aromatic carbocycles. The molecule has 0 N–H and O–H groups in total. The molecule has 0 aromatic heterocycles. The van der Waals surface area contributed by atoms with E-state index in [1.54, 1.807) is 32.4 Å². The number of rotatable bonds is 3. The number of likely N-dealkylation sites (N-methyl/N-ethyl adjacent to an activating group) is 1. The Labute approximate surface area is 136 Å². The first kappa shape index (κ1) is 15.2. The van der Waals surface area contributed by atoms with E-state index in [1.165, 1.54) is 0 Å². The molecule has 5 nitrogen and oxygen atoms in total. The van der Waals surface area contributed by atoms with Crippen molar-refractivity contribution in [3.63, 3.8) is 0 Å². The van der Waals surface area contributed by atoms with Crippen LogP contribution in [0.5, 0.6) is 11.5 Å². The van der Waals surface area contributed by atoms with E-state index in [1.807, 2.05) is 36.2 Å². The first-order valence-corrected chi connectivity index (χ1v) is 7.49. The molecule has 0 saturated heterocycles. The fourth-order valence-electron chi connectivity index (χ4n) is 2.80. The quantitative estimate of drug-likeness (QED) is 0.874. The molecule has 0 saturated carbocycles. The largest absolute Gasteiger partial charge is 0.497 e. The van der Waals surface area contributed by atoms with Gasteiger partial charge in [0.1, 0.15) is 11.5 Å². The van der Waals surface area contributed by atoms with Gasteiger partial charge in [0, 0.05) is 31.8 Å². The first-order chi connectivity index (χ1) is 11.1. The summed E-state index contributed by atoms with van der Waals surface area (Å²) in [4.78, 5) is 17.0. The second-order valence-electron chi connectivity index (χ2n) is 5.47. The van der Waals surface area contributed by atoms with Crippen molar-refractivity contribution in [3.8, 4) is 11.5 Å². The Morgan fingerprint density at radius 3 is 2.17 bits per heavy atom. The van der Waals surface area contributed by atoms with Gasteiger partial charge >= 0.3 is 0 Å². The maximum Gasteiger partial charge on any atom is 0.258 e. The van der Waals surface area contributed by atoms with Gasteiger partial charge in [-0.2, -0.15) is 0 Å². The number of para-hydroxylation sites is 2.